The van der Waals surface area contributed by atoms with Crippen molar-refractivity contribution in [2.75, 3.05) is 6.61 Å². The number of hydrogen-bond donors (Lipinski definition) is 3. The molecule has 3 nitrogen and oxygen atoms in total. The molecule has 0 aliphatic carbocycles. The van der Waals surface area contributed by atoms with Crippen LogP contribution >= 0.6 is 0 Å². The number of phenolic OH excluding ortho intramolecular Hbond substituents is 1. The monoisotopic (exact) mass is 217 g/mol. The van der Waals surface area contributed by atoms with Crippen LogP contribution in [0.5, 0.6) is 5.75 Å². The Balaban J connectivity index is 3.10. The van der Waals surface area contributed by atoms with E-state index in [0.29, 0.717) is 5.56 Å². The molecule has 1 atom stereocenters. The van der Waals surface area contributed by atoms with E-state index in [-0.39, 0.29) is 11.3 Å². The minimum atomic E-state index is -3.44. The maximum absolute atomic E-state index is 13.1. The van der Waals surface area contributed by atoms with Gasteiger partial charge in [0.1, 0.15) is 18.4 Å². The normalized spacial score (nSPS) is 13.9. The fourth-order valence-corrected chi connectivity index (χ4v) is 1.25. The average molecular weight is 217 g/mol. The highest BCUT2D eigenvalue weighted by molar-refractivity contribution is 5.38. The molecular weight excluding hydrogens is 204 g/mol. The second kappa shape index (κ2) is 4.12. The third-order valence-electron chi connectivity index (χ3n) is 2.18. The van der Waals surface area contributed by atoms with Gasteiger partial charge in [-0.15, -0.1) is 0 Å². The van der Waals surface area contributed by atoms with E-state index >= 15 is 0 Å². The predicted molar refractivity (Wildman–Crippen MR) is 51.8 cm³/mol. The first kappa shape index (κ1) is 11.9. The van der Waals surface area contributed by atoms with Crippen LogP contribution in [-0.2, 0) is 0 Å². The van der Waals surface area contributed by atoms with Crippen LogP contribution < -0.4 is 5.73 Å². The maximum Gasteiger partial charge on any atom is 0.289 e. The summed E-state index contributed by atoms with van der Waals surface area (Å²) in [6.07, 6.45) is 0. The second-order valence-corrected chi connectivity index (χ2v) is 3.46. The first-order chi connectivity index (χ1) is 6.88. The van der Waals surface area contributed by atoms with Gasteiger partial charge in [0.05, 0.1) is 0 Å². The van der Waals surface area contributed by atoms with Gasteiger partial charge in [-0.2, -0.15) is 0 Å². The number of hydrogen-bond acceptors (Lipinski definition) is 3. The van der Waals surface area contributed by atoms with Crippen molar-refractivity contribution < 1.29 is 19.0 Å². The number of halogens is 2. The second-order valence-electron chi connectivity index (χ2n) is 3.46. The van der Waals surface area contributed by atoms with Gasteiger partial charge in [-0.05, 0) is 13.0 Å². The number of aromatic hydroxyl groups is 1. The predicted octanol–water partition coefficient (Wildman–Crippen LogP) is 1.33. The minimum Gasteiger partial charge on any atom is -0.508 e. The van der Waals surface area contributed by atoms with Crippen LogP contribution in [0, 0.1) is 6.92 Å². The lowest BCUT2D eigenvalue weighted by Crippen LogP contribution is -2.36. The zero-order chi connectivity index (χ0) is 11.6. The number of benzene rings is 1. The van der Waals surface area contributed by atoms with Crippen molar-refractivity contribution in [3.05, 3.63) is 29.3 Å². The van der Waals surface area contributed by atoms with Crippen LogP contribution in [0.25, 0.3) is 0 Å². The molecule has 0 heterocycles. The number of rotatable bonds is 3. The molecule has 0 bridgehead atoms. The fourth-order valence-electron chi connectivity index (χ4n) is 1.25. The standard InChI is InChI=1S/C10H13F2NO2/c1-6-2-3-8(15)7(4-6)9(13)10(11,12)5-14/h2-4,9,14-15H,5,13H2,1H3/t9-/m0/s1. The van der Waals surface area contributed by atoms with Crippen molar-refractivity contribution in [1.82, 2.24) is 0 Å². The Bertz CT molecular complexity index is 355. The van der Waals surface area contributed by atoms with Gasteiger partial charge in [0.25, 0.3) is 5.92 Å². The molecule has 5 heteroatoms. The molecule has 4 N–H and O–H groups in total. The Morgan fingerprint density at radius 3 is 2.60 bits per heavy atom. The lowest BCUT2D eigenvalue weighted by Gasteiger charge is -2.22. The smallest absolute Gasteiger partial charge is 0.289 e. The summed E-state index contributed by atoms with van der Waals surface area (Å²) in [6, 6.07) is 2.56. The largest absolute Gasteiger partial charge is 0.508 e. The van der Waals surface area contributed by atoms with Crippen LogP contribution in [0.2, 0.25) is 0 Å². The van der Waals surface area contributed by atoms with E-state index in [9.17, 15) is 13.9 Å². The summed E-state index contributed by atoms with van der Waals surface area (Å²) in [6.45, 7) is 0.355. The minimum absolute atomic E-state index is 0.0611. The highest BCUT2D eigenvalue weighted by atomic mass is 19.3. The van der Waals surface area contributed by atoms with E-state index in [1.165, 1.54) is 12.1 Å². The van der Waals surface area contributed by atoms with Crippen molar-refractivity contribution in [3.8, 4) is 5.75 Å². The molecule has 1 aromatic rings. The molecule has 0 fully saturated rings. The molecule has 0 spiro atoms. The topological polar surface area (TPSA) is 66.5 Å². The van der Waals surface area contributed by atoms with Gasteiger partial charge in [0, 0.05) is 5.56 Å². The molecule has 0 aromatic heterocycles. The van der Waals surface area contributed by atoms with Crippen molar-refractivity contribution in [3.63, 3.8) is 0 Å². The SMILES string of the molecule is Cc1ccc(O)c([C@H](N)C(F)(F)CO)c1. The highest BCUT2D eigenvalue weighted by Crippen LogP contribution is 2.33. The molecular formula is C10H13F2NO2. The van der Waals surface area contributed by atoms with Crippen LogP contribution in [0.4, 0.5) is 8.78 Å². The Kier molecular flexibility index (Phi) is 3.26. The molecule has 0 saturated heterocycles. The quantitative estimate of drug-likeness (QED) is 0.715. The first-order valence-electron chi connectivity index (χ1n) is 4.42. The van der Waals surface area contributed by atoms with Gasteiger partial charge in [-0.1, -0.05) is 17.7 Å². The zero-order valence-electron chi connectivity index (χ0n) is 8.24. The molecule has 0 saturated carbocycles. The molecule has 0 aliphatic heterocycles. The molecule has 84 valence electrons. The number of aryl methyl sites for hydroxylation is 1. The molecule has 0 aliphatic rings. The lowest BCUT2D eigenvalue weighted by molar-refractivity contribution is -0.0715. The number of nitrogens with two attached hydrogens (primary N) is 1. The summed E-state index contributed by atoms with van der Waals surface area (Å²) in [5.74, 6) is -3.73. The number of aliphatic hydroxyl groups excluding tert-OH is 1. The molecule has 0 radical (unpaired) electrons. The Labute approximate surface area is 86.2 Å². The Morgan fingerprint density at radius 2 is 2.07 bits per heavy atom. The molecule has 1 aromatic carbocycles. The van der Waals surface area contributed by atoms with E-state index < -0.39 is 18.6 Å². The summed E-state index contributed by atoms with van der Waals surface area (Å²) in [5.41, 5.74) is 5.94. The Hall–Kier alpha value is -1.20. The van der Waals surface area contributed by atoms with Gasteiger partial charge in [0.15, 0.2) is 0 Å². The van der Waals surface area contributed by atoms with Crippen molar-refractivity contribution >= 4 is 0 Å². The third kappa shape index (κ3) is 2.43. The van der Waals surface area contributed by atoms with Gasteiger partial charge < -0.3 is 15.9 Å². The van der Waals surface area contributed by atoms with Crippen LogP contribution in [0.1, 0.15) is 17.2 Å². The Morgan fingerprint density at radius 1 is 1.47 bits per heavy atom. The summed E-state index contributed by atoms with van der Waals surface area (Å²) < 4.78 is 26.1. The van der Waals surface area contributed by atoms with E-state index in [0.717, 1.165) is 0 Å². The summed E-state index contributed by atoms with van der Waals surface area (Å²) in [4.78, 5) is 0. The fraction of sp³-hybridized carbons (Fsp3) is 0.400. The van der Waals surface area contributed by atoms with Gasteiger partial charge in [-0.3, -0.25) is 0 Å². The maximum atomic E-state index is 13.1. The highest BCUT2D eigenvalue weighted by Gasteiger charge is 2.38. The van der Waals surface area contributed by atoms with Crippen molar-refractivity contribution in [2.24, 2.45) is 5.73 Å². The van der Waals surface area contributed by atoms with Gasteiger partial charge in [0.2, 0.25) is 0 Å². The molecule has 0 amide bonds. The summed E-state index contributed by atoms with van der Waals surface area (Å²) >= 11 is 0. The lowest BCUT2D eigenvalue weighted by atomic mass is 9.99. The van der Waals surface area contributed by atoms with Crippen LogP contribution in [0.15, 0.2) is 18.2 Å². The number of alkyl halides is 2. The zero-order valence-corrected chi connectivity index (χ0v) is 8.24. The van der Waals surface area contributed by atoms with Crippen LogP contribution in [-0.4, -0.2) is 22.7 Å². The third-order valence-corrected chi connectivity index (χ3v) is 2.18. The molecule has 0 unspecified atom stereocenters. The van der Waals surface area contributed by atoms with E-state index in [4.69, 9.17) is 10.8 Å². The van der Waals surface area contributed by atoms with Crippen molar-refractivity contribution in [2.45, 2.75) is 18.9 Å². The van der Waals surface area contributed by atoms with Crippen LogP contribution in [0.3, 0.4) is 0 Å². The summed E-state index contributed by atoms with van der Waals surface area (Å²) in [5, 5.41) is 17.8. The molecule has 1 rings (SSSR count). The van der Waals surface area contributed by atoms with Gasteiger partial charge >= 0.3 is 0 Å². The van der Waals surface area contributed by atoms with E-state index in [1.807, 2.05) is 0 Å². The van der Waals surface area contributed by atoms with Crippen molar-refractivity contribution in [1.29, 1.82) is 0 Å². The van der Waals surface area contributed by atoms with E-state index in [1.54, 1.807) is 13.0 Å². The first-order valence-corrected chi connectivity index (χ1v) is 4.42. The number of aliphatic hydroxyl groups is 1. The van der Waals surface area contributed by atoms with Gasteiger partial charge in [-0.25, -0.2) is 8.78 Å². The van der Waals surface area contributed by atoms with E-state index in [2.05, 4.69) is 0 Å². The number of phenols is 1. The summed E-state index contributed by atoms with van der Waals surface area (Å²) in [7, 11) is 0. The molecule has 15 heavy (non-hydrogen) atoms. The average Bonchev–Trinajstić information content (AvgIpc) is 2.20.